The number of ketones is 2. The highest BCUT2D eigenvalue weighted by Gasteiger charge is 2.63. The fourth-order valence-corrected chi connectivity index (χ4v) is 4.64. The number of carbonyl (C=O) groups excluding carboxylic acids is 2. The first-order valence-electron chi connectivity index (χ1n) is 9.16. The quantitative estimate of drug-likeness (QED) is 0.530. The van der Waals surface area contributed by atoms with Crippen molar-refractivity contribution in [2.24, 2.45) is 11.8 Å². The van der Waals surface area contributed by atoms with Gasteiger partial charge in [-0.15, -0.1) is 6.58 Å². The van der Waals surface area contributed by atoms with Crippen molar-refractivity contribution in [1.82, 2.24) is 0 Å². The molecule has 0 unspecified atom stereocenters. The minimum absolute atomic E-state index is 0.166. The molecule has 6 nitrogen and oxygen atoms in total. The number of ether oxygens (including phenoxy) is 4. The molecule has 2 aliphatic carbocycles. The van der Waals surface area contributed by atoms with E-state index in [-0.39, 0.29) is 23.4 Å². The summed E-state index contributed by atoms with van der Waals surface area (Å²) < 4.78 is 22.0. The second-order valence-corrected chi connectivity index (χ2v) is 7.14. The Labute approximate surface area is 165 Å². The standard InChI is InChI=1S/C22H26O6/c1-7-8-13-11-22(28-6)12(2)17(18(19(13)23)21(22)24)14-9-15(25-3)20(27-5)16(10-14)26-4/h7,9-12,17-18H,1,8H2,2-6H3/t12-,17+,18-,22+/m1/s1. The summed E-state index contributed by atoms with van der Waals surface area (Å²) in [4.78, 5) is 26.3. The molecule has 0 amide bonds. The molecule has 2 bridgehead atoms. The number of carbonyl (C=O) groups is 2. The Morgan fingerprint density at radius 2 is 1.68 bits per heavy atom. The molecule has 1 aromatic rings. The molecule has 1 fully saturated rings. The summed E-state index contributed by atoms with van der Waals surface area (Å²) >= 11 is 0. The van der Waals surface area contributed by atoms with Crippen LogP contribution in [0.25, 0.3) is 0 Å². The van der Waals surface area contributed by atoms with Crippen molar-refractivity contribution in [2.45, 2.75) is 24.9 Å². The number of Topliss-reactive ketones (excluding diaryl/α,β-unsaturated/α-hetero) is 2. The van der Waals surface area contributed by atoms with Crippen LogP contribution in [0.1, 0.15) is 24.8 Å². The zero-order valence-electron chi connectivity index (χ0n) is 16.9. The van der Waals surface area contributed by atoms with E-state index in [1.165, 1.54) is 28.4 Å². The average Bonchev–Trinajstić information content (AvgIpc) is 2.86. The molecule has 0 heterocycles. The van der Waals surface area contributed by atoms with Crippen molar-refractivity contribution in [2.75, 3.05) is 28.4 Å². The van der Waals surface area contributed by atoms with E-state index in [0.717, 1.165) is 5.56 Å². The van der Waals surface area contributed by atoms with Gasteiger partial charge in [-0.25, -0.2) is 0 Å². The Kier molecular flexibility index (Phi) is 5.35. The van der Waals surface area contributed by atoms with Gasteiger partial charge in [-0.3, -0.25) is 9.59 Å². The molecule has 3 rings (SSSR count). The van der Waals surface area contributed by atoms with Crippen LogP contribution < -0.4 is 14.2 Å². The van der Waals surface area contributed by atoms with Gasteiger partial charge < -0.3 is 18.9 Å². The van der Waals surface area contributed by atoms with E-state index in [2.05, 4.69) is 6.58 Å². The molecule has 0 N–H and O–H groups in total. The Morgan fingerprint density at radius 3 is 2.14 bits per heavy atom. The van der Waals surface area contributed by atoms with Gasteiger partial charge in [0.15, 0.2) is 23.1 Å². The zero-order valence-corrected chi connectivity index (χ0v) is 16.9. The summed E-state index contributed by atoms with van der Waals surface area (Å²) in [5.41, 5.74) is 0.228. The summed E-state index contributed by atoms with van der Waals surface area (Å²) in [6.07, 6.45) is 3.77. The van der Waals surface area contributed by atoms with E-state index in [0.29, 0.717) is 29.2 Å². The van der Waals surface area contributed by atoms with Crippen molar-refractivity contribution in [3.8, 4) is 17.2 Å². The number of allylic oxidation sites excluding steroid dienone is 2. The second-order valence-electron chi connectivity index (χ2n) is 7.14. The molecule has 0 spiro atoms. The Bertz CT molecular complexity index is 830. The molecule has 0 aliphatic heterocycles. The molecular formula is C22H26O6. The van der Waals surface area contributed by atoms with E-state index in [9.17, 15) is 9.59 Å². The lowest BCUT2D eigenvalue weighted by molar-refractivity contribution is -0.141. The third-order valence-electron chi connectivity index (χ3n) is 6.00. The van der Waals surface area contributed by atoms with Crippen LogP contribution >= 0.6 is 0 Å². The molecule has 6 heteroatoms. The van der Waals surface area contributed by atoms with Crippen molar-refractivity contribution in [3.63, 3.8) is 0 Å². The maximum atomic E-state index is 13.2. The molecule has 0 radical (unpaired) electrons. The van der Waals surface area contributed by atoms with Gasteiger partial charge in [-0.2, -0.15) is 0 Å². The Morgan fingerprint density at radius 1 is 1.07 bits per heavy atom. The number of hydrogen-bond donors (Lipinski definition) is 0. The molecule has 1 saturated carbocycles. The van der Waals surface area contributed by atoms with E-state index in [1.807, 2.05) is 6.92 Å². The third-order valence-corrected chi connectivity index (χ3v) is 6.00. The zero-order chi connectivity index (χ0) is 20.6. The van der Waals surface area contributed by atoms with Crippen LogP contribution in [0.5, 0.6) is 17.2 Å². The van der Waals surface area contributed by atoms with Crippen LogP contribution in [0, 0.1) is 11.8 Å². The van der Waals surface area contributed by atoms with Gasteiger partial charge in [0.2, 0.25) is 5.75 Å². The lowest BCUT2D eigenvalue weighted by Gasteiger charge is -2.31. The van der Waals surface area contributed by atoms with Crippen LogP contribution in [0.15, 0.2) is 36.4 Å². The number of hydrogen-bond acceptors (Lipinski definition) is 6. The van der Waals surface area contributed by atoms with Crippen molar-refractivity contribution in [3.05, 3.63) is 42.0 Å². The third kappa shape index (κ3) is 2.66. The van der Waals surface area contributed by atoms with Gasteiger partial charge in [-0.1, -0.05) is 13.0 Å². The van der Waals surface area contributed by atoms with Crippen LogP contribution in [0.3, 0.4) is 0 Å². The van der Waals surface area contributed by atoms with Crippen LogP contribution in [0.4, 0.5) is 0 Å². The highest BCUT2D eigenvalue weighted by Crippen LogP contribution is 2.55. The average molecular weight is 386 g/mol. The van der Waals surface area contributed by atoms with E-state index in [4.69, 9.17) is 18.9 Å². The lowest BCUT2D eigenvalue weighted by Crippen LogP contribution is -2.45. The van der Waals surface area contributed by atoms with Gasteiger partial charge >= 0.3 is 0 Å². The second kappa shape index (κ2) is 7.43. The summed E-state index contributed by atoms with van der Waals surface area (Å²) in [6, 6.07) is 3.61. The topological polar surface area (TPSA) is 71.1 Å². The van der Waals surface area contributed by atoms with Crippen LogP contribution in [-0.2, 0) is 14.3 Å². The number of fused-ring (bicyclic) bond motifs is 2. The fourth-order valence-electron chi connectivity index (χ4n) is 4.64. The van der Waals surface area contributed by atoms with E-state index >= 15 is 0 Å². The monoisotopic (exact) mass is 386 g/mol. The largest absolute Gasteiger partial charge is 0.493 e. The predicted molar refractivity (Wildman–Crippen MR) is 104 cm³/mol. The SMILES string of the molecule is C=CCC1=C[C@@]2(OC)C(=O)[C@@H](C1=O)[C@H](c1cc(OC)c(OC)c(OC)c1)[C@H]2C. The predicted octanol–water partition coefficient (Wildman–Crippen LogP) is 3.10. The molecule has 2 aliphatic rings. The molecule has 150 valence electrons. The number of benzene rings is 1. The summed E-state index contributed by atoms with van der Waals surface area (Å²) in [6.45, 7) is 5.66. The van der Waals surface area contributed by atoms with Gasteiger partial charge in [0.25, 0.3) is 0 Å². The van der Waals surface area contributed by atoms with Crippen molar-refractivity contribution >= 4 is 11.6 Å². The summed E-state index contributed by atoms with van der Waals surface area (Å²) in [7, 11) is 6.12. The van der Waals surface area contributed by atoms with Crippen molar-refractivity contribution in [1.29, 1.82) is 0 Å². The molecule has 0 saturated heterocycles. The highest BCUT2D eigenvalue weighted by atomic mass is 16.5. The molecule has 28 heavy (non-hydrogen) atoms. The van der Waals surface area contributed by atoms with Crippen molar-refractivity contribution < 1.29 is 28.5 Å². The lowest BCUT2D eigenvalue weighted by atomic mass is 9.79. The Hall–Kier alpha value is -2.60. The fraction of sp³-hybridized carbons (Fsp3) is 0.455. The minimum atomic E-state index is -1.12. The van der Waals surface area contributed by atoms with Gasteiger partial charge in [0.05, 0.1) is 27.2 Å². The first-order valence-corrected chi connectivity index (χ1v) is 9.16. The summed E-state index contributed by atoms with van der Waals surface area (Å²) in [5.74, 6) is -0.354. The van der Waals surface area contributed by atoms with Crippen LogP contribution in [0.2, 0.25) is 0 Å². The van der Waals surface area contributed by atoms with E-state index in [1.54, 1.807) is 24.3 Å². The van der Waals surface area contributed by atoms with Gasteiger partial charge in [0.1, 0.15) is 5.60 Å². The first-order chi connectivity index (χ1) is 13.4. The van der Waals surface area contributed by atoms with E-state index < -0.39 is 11.5 Å². The maximum Gasteiger partial charge on any atom is 0.203 e. The first kappa shape index (κ1) is 20.1. The smallest absolute Gasteiger partial charge is 0.203 e. The number of methoxy groups -OCH3 is 4. The van der Waals surface area contributed by atoms with Crippen LogP contribution in [-0.4, -0.2) is 45.6 Å². The molecule has 1 aromatic carbocycles. The normalized spacial score (nSPS) is 28.8. The number of rotatable bonds is 7. The maximum absolute atomic E-state index is 13.2. The summed E-state index contributed by atoms with van der Waals surface area (Å²) in [5, 5.41) is 0. The molecular weight excluding hydrogens is 360 g/mol. The Balaban J connectivity index is 2.19. The van der Waals surface area contributed by atoms with Gasteiger partial charge in [0, 0.05) is 18.9 Å². The highest BCUT2D eigenvalue weighted by molar-refractivity contribution is 6.19. The molecule has 0 aromatic heterocycles. The van der Waals surface area contributed by atoms with Gasteiger partial charge in [-0.05, 0) is 35.8 Å². The minimum Gasteiger partial charge on any atom is -0.493 e. The molecule has 4 atom stereocenters.